The Balaban J connectivity index is 1.99. The summed E-state index contributed by atoms with van der Waals surface area (Å²) in [7, 11) is 1.62. The third kappa shape index (κ3) is 4.89. The summed E-state index contributed by atoms with van der Waals surface area (Å²) < 4.78 is 10.9. The normalized spacial score (nSPS) is 13.0. The molecule has 1 N–H and O–H groups in total. The molecular formula is C20H24ClNO3. The summed E-state index contributed by atoms with van der Waals surface area (Å²) in [5.74, 6) is 1.25. The van der Waals surface area contributed by atoms with E-state index >= 15 is 0 Å². The van der Waals surface area contributed by atoms with Gasteiger partial charge in [0.1, 0.15) is 11.5 Å². The van der Waals surface area contributed by atoms with Gasteiger partial charge in [-0.15, -0.1) is 0 Å². The van der Waals surface area contributed by atoms with Crippen molar-refractivity contribution in [3.8, 4) is 11.5 Å². The lowest BCUT2D eigenvalue weighted by atomic mass is 10.1. The van der Waals surface area contributed by atoms with E-state index in [1.807, 2.05) is 57.2 Å². The molecule has 2 rings (SSSR count). The highest BCUT2D eigenvalue weighted by Crippen LogP contribution is 2.26. The van der Waals surface area contributed by atoms with Gasteiger partial charge in [-0.2, -0.15) is 0 Å². The fourth-order valence-electron chi connectivity index (χ4n) is 2.54. The van der Waals surface area contributed by atoms with E-state index in [1.54, 1.807) is 14.0 Å². The van der Waals surface area contributed by atoms with E-state index in [4.69, 9.17) is 21.1 Å². The number of nitrogens with one attached hydrogen (secondary N) is 1. The van der Waals surface area contributed by atoms with E-state index in [-0.39, 0.29) is 11.9 Å². The standard InChI is InChI=1S/C20H24ClNO3/c1-12-10-18(11-13(2)19(12)21)25-15(4)20(23)22-14(3)16-6-8-17(24-5)9-7-16/h6-11,14-15H,1-5H3,(H,22,23)/t14-,15+/m1/s1. The van der Waals surface area contributed by atoms with Crippen molar-refractivity contribution >= 4 is 17.5 Å². The van der Waals surface area contributed by atoms with Crippen LogP contribution < -0.4 is 14.8 Å². The van der Waals surface area contributed by atoms with Crippen LogP contribution in [0.2, 0.25) is 5.02 Å². The first-order valence-corrected chi connectivity index (χ1v) is 8.57. The van der Waals surface area contributed by atoms with Crippen molar-refractivity contribution in [3.63, 3.8) is 0 Å². The monoisotopic (exact) mass is 361 g/mol. The lowest BCUT2D eigenvalue weighted by Gasteiger charge is -2.20. The lowest BCUT2D eigenvalue weighted by molar-refractivity contribution is -0.127. The Hall–Kier alpha value is -2.20. The lowest BCUT2D eigenvalue weighted by Crippen LogP contribution is -2.37. The molecule has 2 aromatic rings. The minimum absolute atomic E-state index is 0.127. The summed E-state index contributed by atoms with van der Waals surface area (Å²) in [4.78, 5) is 12.4. The van der Waals surface area contributed by atoms with Crippen LogP contribution >= 0.6 is 11.6 Å². The van der Waals surface area contributed by atoms with Crippen molar-refractivity contribution in [2.24, 2.45) is 0 Å². The van der Waals surface area contributed by atoms with Crippen molar-refractivity contribution in [1.29, 1.82) is 0 Å². The molecular weight excluding hydrogens is 338 g/mol. The molecule has 0 saturated carbocycles. The molecule has 0 aliphatic heterocycles. The van der Waals surface area contributed by atoms with Gasteiger partial charge < -0.3 is 14.8 Å². The number of amides is 1. The zero-order valence-electron chi connectivity index (χ0n) is 15.2. The maximum Gasteiger partial charge on any atom is 0.261 e. The maximum atomic E-state index is 12.4. The second-order valence-electron chi connectivity index (χ2n) is 6.13. The number of carbonyl (C=O) groups is 1. The van der Waals surface area contributed by atoms with E-state index < -0.39 is 6.10 Å². The van der Waals surface area contributed by atoms with E-state index in [0.29, 0.717) is 5.75 Å². The Kier molecular flexibility index (Phi) is 6.32. The fourth-order valence-corrected chi connectivity index (χ4v) is 2.65. The van der Waals surface area contributed by atoms with Gasteiger partial charge in [0.2, 0.25) is 0 Å². The van der Waals surface area contributed by atoms with Crippen LogP contribution in [0.5, 0.6) is 11.5 Å². The molecule has 2 aromatic carbocycles. The molecule has 0 heterocycles. The summed E-state index contributed by atoms with van der Waals surface area (Å²) in [5, 5.41) is 3.68. The predicted octanol–water partition coefficient (Wildman–Crippen LogP) is 4.61. The first kappa shape index (κ1) is 19.1. The molecule has 0 spiro atoms. The molecule has 0 unspecified atom stereocenters. The van der Waals surface area contributed by atoms with Gasteiger partial charge in [0.15, 0.2) is 6.10 Å². The van der Waals surface area contributed by atoms with Crippen molar-refractivity contribution < 1.29 is 14.3 Å². The number of ether oxygens (including phenoxy) is 2. The molecule has 2 atom stereocenters. The van der Waals surface area contributed by atoms with Crippen molar-refractivity contribution in [2.45, 2.75) is 39.8 Å². The number of aryl methyl sites for hydroxylation is 2. The molecule has 0 radical (unpaired) electrons. The van der Waals surface area contributed by atoms with Gasteiger partial charge in [-0.1, -0.05) is 23.7 Å². The largest absolute Gasteiger partial charge is 0.497 e. The molecule has 25 heavy (non-hydrogen) atoms. The number of hydrogen-bond donors (Lipinski definition) is 1. The Morgan fingerprint density at radius 1 is 1.04 bits per heavy atom. The van der Waals surface area contributed by atoms with Crippen LogP contribution in [-0.2, 0) is 4.79 Å². The van der Waals surface area contributed by atoms with Crippen LogP contribution in [0.4, 0.5) is 0 Å². The number of hydrogen-bond acceptors (Lipinski definition) is 3. The topological polar surface area (TPSA) is 47.6 Å². The van der Waals surface area contributed by atoms with Crippen molar-refractivity contribution in [2.75, 3.05) is 7.11 Å². The van der Waals surface area contributed by atoms with Gasteiger partial charge in [-0.3, -0.25) is 4.79 Å². The highest BCUT2D eigenvalue weighted by Gasteiger charge is 2.18. The van der Waals surface area contributed by atoms with Crippen LogP contribution in [0.25, 0.3) is 0 Å². The smallest absolute Gasteiger partial charge is 0.261 e. The highest BCUT2D eigenvalue weighted by atomic mass is 35.5. The molecule has 0 fully saturated rings. The van der Waals surface area contributed by atoms with Crippen LogP contribution in [0.1, 0.15) is 36.6 Å². The zero-order valence-corrected chi connectivity index (χ0v) is 16.0. The number of rotatable bonds is 6. The van der Waals surface area contributed by atoms with Crippen molar-refractivity contribution in [1.82, 2.24) is 5.32 Å². The first-order valence-electron chi connectivity index (χ1n) is 8.19. The second kappa shape index (κ2) is 8.26. The van der Waals surface area contributed by atoms with E-state index in [2.05, 4.69) is 5.32 Å². The molecule has 0 saturated heterocycles. The third-order valence-corrected chi connectivity index (χ3v) is 4.66. The molecule has 4 nitrogen and oxygen atoms in total. The summed E-state index contributed by atoms with van der Waals surface area (Å²) in [6.45, 7) is 7.50. The molecule has 0 aliphatic carbocycles. The number of carbonyl (C=O) groups excluding carboxylic acids is 1. The second-order valence-corrected chi connectivity index (χ2v) is 6.51. The molecule has 0 aromatic heterocycles. The SMILES string of the molecule is COc1ccc([C@@H](C)NC(=O)[C@H](C)Oc2cc(C)c(Cl)c(C)c2)cc1. The van der Waals surface area contributed by atoms with Gasteiger partial charge in [0.05, 0.1) is 13.2 Å². The Labute approximate surface area is 154 Å². The number of halogens is 1. The summed E-state index contributed by atoms with van der Waals surface area (Å²) >= 11 is 6.16. The quantitative estimate of drug-likeness (QED) is 0.817. The van der Waals surface area contributed by atoms with Crippen LogP contribution in [-0.4, -0.2) is 19.1 Å². The van der Waals surface area contributed by atoms with Gasteiger partial charge in [0, 0.05) is 5.02 Å². The van der Waals surface area contributed by atoms with Gasteiger partial charge in [0.25, 0.3) is 5.91 Å². The summed E-state index contributed by atoms with van der Waals surface area (Å²) in [6, 6.07) is 11.2. The minimum Gasteiger partial charge on any atom is -0.497 e. The van der Waals surface area contributed by atoms with E-state index in [0.717, 1.165) is 27.5 Å². The summed E-state index contributed by atoms with van der Waals surface area (Å²) in [5.41, 5.74) is 2.85. The average Bonchev–Trinajstić information content (AvgIpc) is 2.59. The van der Waals surface area contributed by atoms with E-state index in [9.17, 15) is 4.79 Å². The molecule has 1 amide bonds. The Bertz CT molecular complexity index is 720. The number of methoxy groups -OCH3 is 1. The molecule has 134 valence electrons. The van der Waals surface area contributed by atoms with Gasteiger partial charge in [-0.05, 0) is 68.7 Å². The maximum absolute atomic E-state index is 12.4. The molecule has 0 aliphatic rings. The summed E-state index contributed by atoms with van der Waals surface area (Å²) in [6.07, 6.45) is -0.610. The average molecular weight is 362 g/mol. The first-order chi connectivity index (χ1) is 11.8. The molecule has 5 heteroatoms. The highest BCUT2D eigenvalue weighted by molar-refractivity contribution is 6.32. The number of benzene rings is 2. The zero-order chi connectivity index (χ0) is 18.6. The van der Waals surface area contributed by atoms with Gasteiger partial charge >= 0.3 is 0 Å². The minimum atomic E-state index is -0.610. The predicted molar refractivity (Wildman–Crippen MR) is 101 cm³/mol. The molecule has 0 bridgehead atoms. The Morgan fingerprint density at radius 3 is 2.12 bits per heavy atom. The Morgan fingerprint density at radius 2 is 1.60 bits per heavy atom. The van der Waals surface area contributed by atoms with Crippen LogP contribution in [0.15, 0.2) is 36.4 Å². The fraction of sp³-hybridized carbons (Fsp3) is 0.350. The van der Waals surface area contributed by atoms with E-state index in [1.165, 1.54) is 0 Å². The van der Waals surface area contributed by atoms with Crippen LogP contribution in [0, 0.1) is 13.8 Å². The van der Waals surface area contributed by atoms with Crippen LogP contribution in [0.3, 0.4) is 0 Å². The van der Waals surface area contributed by atoms with Crippen molar-refractivity contribution in [3.05, 3.63) is 58.1 Å². The third-order valence-electron chi connectivity index (χ3n) is 4.07. The van der Waals surface area contributed by atoms with Gasteiger partial charge in [-0.25, -0.2) is 0 Å².